The largest absolute Gasteiger partial charge is 0.342 e. The summed E-state index contributed by atoms with van der Waals surface area (Å²) in [5.41, 5.74) is 1.35. The molecule has 1 saturated carbocycles. The summed E-state index contributed by atoms with van der Waals surface area (Å²) in [6.45, 7) is 5.34. The number of hydrogen-bond acceptors (Lipinski definition) is 3. The predicted octanol–water partition coefficient (Wildman–Crippen LogP) is 3.69. The molecule has 0 N–H and O–H groups in total. The highest BCUT2D eigenvalue weighted by atomic mass is 79.9. The lowest BCUT2D eigenvalue weighted by Crippen LogP contribution is -2.33. The van der Waals surface area contributed by atoms with Gasteiger partial charge in [0.25, 0.3) is 5.56 Å². The maximum atomic E-state index is 14.6. The molecule has 7 heteroatoms. The first-order valence-electron chi connectivity index (χ1n) is 9.67. The Morgan fingerprint density at radius 3 is 2.71 bits per heavy atom. The second kappa shape index (κ2) is 7.43. The molecule has 2 aliphatic rings. The van der Waals surface area contributed by atoms with Crippen molar-refractivity contribution >= 4 is 21.8 Å². The Morgan fingerprint density at radius 1 is 1.29 bits per heavy atom. The number of carbonyl (C=O) groups excluding carboxylic acids is 1. The molecule has 2 aromatic rings. The number of halogens is 2. The summed E-state index contributed by atoms with van der Waals surface area (Å²) in [4.78, 5) is 31.8. The fourth-order valence-electron chi connectivity index (χ4n) is 3.83. The Labute approximate surface area is 171 Å². The number of aryl methyl sites for hydroxylation is 1. The smallest absolute Gasteiger partial charge is 0.256 e. The summed E-state index contributed by atoms with van der Waals surface area (Å²) in [6.07, 6.45) is 2.83. The average molecular weight is 448 g/mol. The molecule has 148 valence electrons. The fraction of sp³-hybridized carbons (Fsp3) is 0.476. The van der Waals surface area contributed by atoms with Crippen LogP contribution in [0.5, 0.6) is 0 Å². The molecular formula is C21H23BrFN3O2. The van der Waals surface area contributed by atoms with E-state index in [2.05, 4.69) is 20.9 Å². The topological polar surface area (TPSA) is 55.2 Å². The van der Waals surface area contributed by atoms with Gasteiger partial charge >= 0.3 is 0 Å². The van der Waals surface area contributed by atoms with Crippen LogP contribution in [0.15, 0.2) is 27.5 Å². The van der Waals surface area contributed by atoms with Crippen molar-refractivity contribution in [3.05, 3.63) is 50.1 Å². The van der Waals surface area contributed by atoms with E-state index in [0.29, 0.717) is 40.2 Å². The van der Waals surface area contributed by atoms with Gasteiger partial charge in [-0.25, -0.2) is 9.37 Å². The number of carbonyl (C=O) groups is 1. The summed E-state index contributed by atoms with van der Waals surface area (Å²) in [7, 11) is 0. The van der Waals surface area contributed by atoms with Gasteiger partial charge in [0.2, 0.25) is 5.91 Å². The van der Waals surface area contributed by atoms with Crippen molar-refractivity contribution in [1.82, 2.24) is 14.5 Å². The Hall–Kier alpha value is -2.02. The minimum absolute atomic E-state index is 0.142. The second-order valence-corrected chi connectivity index (χ2v) is 8.81. The minimum Gasteiger partial charge on any atom is -0.342 e. The van der Waals surface area contributed by atoms with Gasteiger partial charge in [-0.2, -0.15) is 0 Å². The lowest BCUT2D eigenvalue weighted by Gasteiger charge is -2.19. The molecule has 1 aliphatic carbocycles. The molecule has 1 atom stereocenters. The second-order valence-electron chi connectivity index (χ2n) is 7.90. The van der Waals surface area contributed by atoms with Gasteiger partial charge in [-0.15, -0.1) is 0 Å². The van der Waals surface area contributed by atoms with Gasteiger partial charge in [0, 0.05) is 41.3 Å². The molecular weight excluding hydrogens is 425 g/mol. The van der Waals surface area contributed by atoms with Crippen molar-refractivity contribution in [2.75, 3.05) is 13.1 Å². The first-order chi connectivity index (χ1) is 13.3. The zero-order valence-corrected chi connectivity index (χ0v) is 17.6. The quantitative estimate of drug-likeness (QED) is 0.717. The molecule has 4 rings (SSSR count). The van der Waals surface area contributed by atoms with Crippen LogP contribution in [0.2, 0.25) is 0 Å². The molecule has 0 bridgehead atoms. The number of amides is 1. The Balaban J connectivity index is 1.67. The first-order valence-corrected chi connectivity index (χ1v) is 10.5. The highest BCUT2D eigenvalue weighted by Gasteiger charge is 2.36. The Kier molecular flexibility index (Phi) is 5.12. The van der Waals surface area contributed by atoms with Crippen LogP contribution in [0, 0.1) is 31.5 Å². The van der Waals surface area contributed by atoms with Crippen molar-refractivity contribution in [2.24, 2.45) is 11.8 Å². The maximum Gasteiger partial charge on any atom is 0.256 e. The first kappa shape index (κ1) is 19.3. The third kappa shape index (κ3) is 3.64. The molecule has 1 aromatic heterocycles. The van der Waals surface area contributed by atoms with E-state index in [9.17, 15) is 14.0 Å². The standard InChI is InChI=1S/C21H23BrFN3O2/c1-12-13(2)24-19(17-6-5-16(22)9-18(17)23)26(20(12)27)11-14-7-8-25(10-14)21(28)15-3-4-15/h5-6,9,14-15H,3-4,7-8,10-11H2,1-2H3/t14-/m1/s1. The lowest BCUT2D eigenvalue weighted by atomic mass is 10.1. The van der Waals surface area contributed by atoms with Gasteiger partial charge in [0.05, 0.1) is 5.56 Å². The number of nitrogens with zero attached hydrogens (tertiary/aromatic N) is 3. The fourth-order valence-corrected chi connectivity index (χ4v) is 4.16. The van der Waals surface area contributed by atoms with Crippen molar-refractivity contribution in [3.8, 4) is 11.4 Å². The number of benzene rings is 1. The Morgan fingerprint density at radius 2 is 2.04 bits per heavy atom. The zero-order valence-electron chi connectivity index (χ0n) is 16.0. The van der Waals surface area contributed by atoms with Crippen LogP contribution in [0.4, 0.5) is 4.39 Å². The molecule has 2 fully saturated rings. The van der Waals surface area contributed by atoms with E-state index in [-0.39, 0.29) is 23.3 Å². The van der Waals surface area contributed by atoms with E-state index < -0.39 is 5.82 Å². The molecule has 1 aliphatic heterocycles. The molecule has 1 saturated heterocycles. The van der Waals surface area contributed by atoms with E-state index in [4.69, 9.17) is 0 Å². The van der Waals surface area contributed by atoms with E-state index in [1.807, 2.05) is 4.90 Å². The number of hydrogen-bond donors (Lipinski definition) is 0. The summed E-state index contributed by atoms with van der Waals surface area (Å²) in [5, 5.41) is 0. The van der Waals surface area contributed by atoms with Crippen LogP contribution in [-0.4, -0.2) is 33.4 Å². The van der Waals surface area contributed by atoms with E-state index in [1.165, 1.54) is 6.07 Å². The van der Waals surface area contributed by atoms with Crippen LogP contribution >= 0.6 is 15.9 Å². The highest BCUT2D eigenvalue weighted by Crippen LogP contribution is 2.33. The summed E-state index contributed by atoms with van der Waals surface area (Å²) >= 11 is 3.27. The van der Waals surface area contributed by atoms with Crippen molar-refractivity contribution in [1.29, 1.82) is 0 Å². The average Bonchev–Trinajstić information content (AvgIpc) is 3.40. The molecule has 0 unspecified atom stereocenters. The molecule has 0 spiro atoms. The maximum absolute atomic E-state index is 14.6. The molecule has 28 heavy (non-hydrogen) atoms. The van der Waals surface area contributed by atoms with E-state index in [1.54, 1.807) is 30.5 Å². The zero-order chi connectivity index (χ0) is 20.0. The van der Waals surface area contributed by atoms with Crippen molar-refractivity contribution < 1.29 is 9.18 Å². The van der Waals surface area contributed by atoms with E-state index in [0.717, 1.165) is 25.8 Å². The van der Waals surface area contributed by atoms with Crippen molar-refractivity contribution in [3.63, 3.8) is 0 Å². The van der Waals surface area contributed by atoms with Crippen LogP contribution in [0.25, 0.3) is 11.4 Å². The lowest BCUT2D eigenvalue weighted by molar-refractivity contribution is -0.131. The van der Waals surface area contributed by atoms with Gasteiger partial charge < -0.3 is 4.90 Å². The van der Waals surface area contributed by atoms with Crippen molar-refractivity contribution in [2.45, 2.75) is 39.7 Å². The van der Waals surface area contributed by atoms with Crippen LogP contribution in [-0.2, 0) is 11.3 Å². The number of aromatic nitrogens is 2. The van der Waals surface area contributed by atoms with E-state index >= 15 is 0 Å². The van der Waals surface area contributed by atoms with Crippen LogP contribution in [0.3, 0.4) is 0 Å². The molecule has 1 amide bonds. The molecule has 0 radical (unpaired) electrons. The SMILES string of the molecule is Cc1nc(-c2ccc(Br)cc2F)n(C[C@@H]2CCN(C(=O)C3CC3)C2)c(=O)c1C. The van der Waals surface area contributed by atoms with Crippen LogP contribution in [0.1, 0.15) is 30.5 Å². The van der Waals surface area contributed by atoms with Crippen LogP contribution < -0.4 is 5.56 Å². The highest BCUT2D eigenvalue weighted by molar-refractivity contribution is 9.10. The Bertz CT molecular complexity index is 1000. The van der Waals surface area contributed by atoms with Gasteiger partial charge in [-0.3, -0.25) is 14.2 Å². The summed E-state index contributed by atoms with van der Waals surface area (Å²) in [6, 6.07) is 4.77. The summed E-state index contributed by atoms with van der Waals surface area (Å²) in [5.74, 6) is 0.547. The number of likely N-dealkylation sites (tertiary alicyclic amines) is 1. The predicted molar refractivity (Wildman–Crippen MR) is 108 cm³/mol. The molecule has 1 aromatic carbocycles. The van der Waals surface area contributed by atoms with Gasteiger partial charge in [0.15, 0.2) is 0 Å². The van der Waals surface area contributed by atoms with Gasteiger partial charge in [-0.05, 0) is 57.2 Å². The normalized spacial score (nSPS) is 19.3. The third-order valence-corrected chi connectivity index (χ3v) is 6.27. The number of rotatable bonds is 4. The molecule has 2 heterocycles. The summed E-state index contributed by atoms with van der Waals surface area (Å²) < 4.78 is 16.8. The van der Waals surface area contributed by atoms with Gasteiger partial charge in [-0.1, -0.05) is 15.9 Å². The third-order valence-electron chi connectivity index (χ3n) is 5.77. The minimum atomic E-state index is -0.421. The monoisotopic (exact) mass is 447 g/mol. The van der Waals surface area contributed by atoms with Gasteiger partial charge in [0.1, 0.15) is 11.6 Å². The molecule has 5 nitrogen and oxygen atoms in total.